The summed E-state index contributed by atoms with van der Waals surface area (Å²) in [5.74, 6) is -0.740. The molecule has 0 bridgehead atoms. The van der Waals surface area contributed by atoms with Crippen LogP contribution in [0.1, 0.15) is 11.5 Å². The van der Waals surface area contributed by atoms with Gasteiger partial charge in [0.1, 0.15) is 35.5 Å². The standard InChI is InChI=1S/2C17H13BrO3S/c2*1-22-17-13-8-11(10-2-5-12(18)6-3-10)4-7-14(13)21-15(17)9-16(19)20/h2*2-8H,9H2,1H3,(H,19,20). The minimum Gasteiger partial charge on any atom is -0.481 e. The van der Waals surface area contributed by atoms with Crippen LogP contribution in [0.4, 0.5) is 0 Å². The molecule has 2 heterocycles. The first kappa shape index (κ1) is 32.0. The van der Waals surface area contributed by atoms with Crippen molar-refractivity contribution in [3.05, 3.63) is 105 Å². The highest BCUT2D eigenvalue weighted by Gasteiger charge is 2.18. The summed E-state index contributed by atoms with van der Waals surface area (Å²) in [6.45, 7) is 0. The zero-order valence-electron chi connectivity index (χ0n) is 23.6. The third kappa shape index (κ3) is 7.26. The molecule has 0 amide bonds. The Morgan fingerprint density at radius 2 is 0.932 bits per heavy atom. The van der Waals surface area contributed by atoms with E-state index in [1.807, 2.05) is 85.3 Å². The number of carboxylic acid groups (broad SMARTS) is 2. The molecule has 10 heteroatoms. The van der Waals surface area contributed by atoms with E-state index in [4.69, 9.17) is 19.0 Å². The maximum Gasteiger partial charge on any atom is 0.311 e. The Labute approximate surface area is 279 Å². The van der Waals surface area contributed by atoms with Gasteiger partial charge in [-0.1, -0.05) is 68.3 Å². The molecule has 44 heavy (non-hydrogen) atoms. The number of hydrogen-bond donors (Lipinski definition) is 2. The zero-order valence-corrected chi connectivity index (χ0v) is 28.4. The number of rotatable bonds is 8. The SMILES string of the molecule is CSc1c(CC(=O)O)oc2ccc(-c3ccc(Br)cc3)cc12.CSc1c(CC(=O)O)oc2ccc(-c3ccc(Br)cc3)cc12. The summed E-state index contributed by atoms with van der Waals surface area (Å²) < 4.78 is 13.5. The fourth-order valence-corrected chi connectivity index (χ4v) is 6.82. The summed E-state index contributed by atoms with van der Waals surface area (Å²) in [6, 6.07) is 28.1. The lowest BCUT2D eigenvalue weighted by molar-refractivity contribution is -0.137. The van der Waals surface area contributed by atoms with Crippen molar-refractivity contribution in [3.8, 4) is 22.3 Å². The molecule has 0 atom stereocenters. The number of carboxylic acids is 2. The number of hydrogen-bond acceptors (Lipinski definition) is 6. The van der Waals surface area contributed by atoms with E-state index in [0.29, 0.717) is 11.5 Å². The van der Waals surface area contributed by atoms with E-state index in [9.17, 15) is 9.59 Å². The van der Waals surface area contributed by atoms with E-state index in [1.54, 1.807) is 0 Å². The second kappa shape index (κ2) is 14.1. The topological polar surface area (TPSA) is 101 Å². The Morgan fingerprint density at radius 1 is 0.591 bits per heavy atom. The second-order valence-corrected chi connectivity index (χ2v) is 13.2. The number of aliphatic carboxylic acids is 2. The number of carbonyl (C=O) groups is 2. The normalized spacial score (nSPS) is 11.0. The van der Waals surface area contributed by atoms with Crippen LogP contribution in [0.3, 0.4) is 0 Å². The summed E-state index contributed by atoms with van der Waals surface area (Å²) in [7, 11) is 0. The molecule has 6 aromatic rings. The molecule has 4 aromatic carbocycles. The number of halogens is 2. The molecule has 0 aliphatic rings. The number of thioether (sulfide) groups is 2. The van der Waals surface area contributed by atoms with Crippen LogP contribution < -0.4 is 0 Å². The highest BCUT2D eigenvalue weighted by atomic mass is 79.9. The van der Waals surface area contributed by atoms with Crippen LogP contribution in [0, 0.1) is 0 Å². The van der Waals surface area contributed by atoms with Crippen LogP contribution in [0.5, 0.6) is 0 Å². The van der Waals surface area contributed by atoms with Gasteiger partial charge in [0.15, 0.2) is 0 Å². The van der Waals surface area contributed by atoms with Crippen LogP contribution in [-0.4, -0.2) is 34.7 Å². The average Bonchev–Trinajstić information content (AvgIpc) is 3.52. The molecule has 0 aliphatic heterocycles. The van der Waals surface area contributed by atoms with E-state index < -0.39 is 11.9 Å². The van der Waals surface area contributed by atoms with Crippen molar-refractivity contribution < 1.29 is 28.6 Å². The lowest BCUT2D eigenvalue weighted by atomic mass is 10.0. The van der Waals surface area contributed by atoms with E-state index in [2.05, 4.69) is 44.0 Å². The summed E-state index contributed by atoms with van der Waals surface area (Å²) >= 11 is 9.90. The molecule has 2 aromatic heterocycles. The Morgan fingerprint density at radius 3 is 1.25 bits per heavy atom. The van der Waals surface area contributed by atoms with Gasteiger partial charge in [0.2, 0.25) is 0 Å². The molecule has 0 radical (unpaired) electrons. The molecule has 0 saturated heterocycles. The molecule has 0 unspecified atom stereocenters. The molecule has 0 fully saturated rings. The summed E-state index contributed by atoms with van der Waals surface area (Å²) in [6.07, 6.45) is 3.67. The molecular formula is C34H26Br2O6S2. The molecule has 6 nitrogen and oxygen atoms in total. The van der Waals surface area contributed by atoms with Crippen molar-refractivity contribution in [3.63, 3.8) is 0 Å². The second-order valence-electron chi connectivity index (χ2n) is 9.69. The molecular weight excluding hydrogens is 728 g/mol. The van der Waals surface area contributed by atoms with Crippen LogP contribution in [0.15, 0.2) is 112 Å². The molecule has 6 rings (SSSR count). The van der Waals surface area contributed by atoms with Crippen molar-refractivity contribution >= 4 is 89.3 Å². The Kier molecular flexibility index (Phi) is 10.3. The van der Waals surface area contributed by atoms with E-state index in [0.717, 1.165) is 62.9 Å². The monoisotopic (exact) mass is 752 g/mol. The summed E-state index contributed by atoms with van der Waals surface area (Å²) in [5, 5.41) is 19.9. The molecule has 0 spiro atoms. The Balaban J connectivity index is 0.000000175. The minimum absolute atomic E-state index is 0.0987. The van der Waals surface area contributed by atoms with E-state index in [-0.39, 0.29) is 12.8 Å². The van der Waals surface area contributed by atoms with Gasteiger partial charge in [-0.3, -0.25) is 9.59 Å². The van der Waals surface area contributed by atoms with Crippen LogP contribution in [-0.2, 0) is 22.4 Å². The van der Waals surface area contributed by atoms with Gasteiger partial charge >= 0.3 is 11.9 Å². The highest BCUT2D eigenvalue weighted by molar-refractivity contribution is 9.10. The molecule has 0 saturated carbocycles. The minimum atomic E-state index is -0.887. The van der Waals surface area contributed by atoms with Gasteiger partial charge in [0, 0.05) is 19.7 Å². The largest absolute Gasteiger partial charge is 0.481 e. The van der Waals surface area contributed by atoms with Gasteiger partial charge in [-0.15, -0.1) is 23.5 Å². The first-order chi connectivity index (χ1) is 21.2. The smallest absolute Gasteiger partial charge is 0.311 e. The summed E-state index contributed by atoms with van der Waals surface area (Å²) in [4.78, 5) is 23.7. The maximum atomic E-state index is 11.0. The van der Waals surface area contributed by atoms with Gasteiger partial charge in [0.05, 0.1) is 9.79 Å². The van der Waals surface area contributed by atoms with Gasteiger partial charge in [0.25, 0.3) is 0 Å². The fraction of sp³-hybridized carbons (Fsp3) is 0.118. The zero-order chi connectivity index (χ0) is 31.4. The lowest BCUT2D eigenvalue weighted by Gasteiger charge is -2.02. The van der Waals surface area contributed by atoms with Gasteiger partial charge < -0.3 is 19.0 Å². The highest BCUT2D eigenvalue weighted by Crippen LogP contribution is 2.37. The van der Waals surface area contributed by atoms with Crippen molar-refractivity contribution in [2.45, 2.75) is 22.6 Å². The van der Waals surface area contributed by atoms with Crippen LogP contribution in [0.2, 0.25) is 0 Å². The van der Waals surface area contributed by atoms with E-state index in [1.165, 1.54) is 23.5 Å². The van der Waals surface area contributed by atoms with Crippen LogP contribution >= 0.6 is 55.4 Å². The molecule has 0 aliphatic carbocycles. The van der Waals surface area contributed by atoms with Crippen molar-refractivity contribution in [2.24, 2.45) is 0 Å². The molecule has 224 valence electrons. The predicted molar refractivity (Wildman–Crippen MR) is 185 cm³/mol. The number of fused-ring (bicyclic) bond motifs is 2. The quantitative estimate of drug-likeness (QED) is 0.148. The maximum absolute atomic E-state index is 11.0. The Hall–Kier alpha value is -3.44. The van der Waals surface area contributed by atoms with E-state index >= 15 is 0 Å². The fourth-order valence-electron chi connectivity index (χ4n) is 4.85. The van der Waals surface area contributed by atoms with Crippen molar-refractivity contribution in [1.29, 1.82) is 0 Å². The Bertz CT molecular complexity index is 1820. The average molecular weight is 755 g/mol. The van der Waals surface area contributed by atoms with Crippen molar-refractivity contribution in [2.75, 3.05) is 12.5 Å². The van der Waals surface area contributed by atoms with Gasteiger partial charge in [-0.25, -0.2) is 0 Å². The predicted octanol–water partition coefficient (Wildman–Crippen LogP) is 10.4. The number of benzene rings is 4. The van der Waals surface area contributed by atoms with Gasteiger partial charge in [-0.2, -0.15) is 0 Å². The third-order valence-corrected chi connectivity index (χ3v) is 9.58. The van der Waals surface area contributed by atoms with Crippen molar-refractivity contribution in [1.82, 2.24) is 0 Å². The van der Waals surface area contributed by atoms with Gasteiger partial charge in [-0.05, 0) is 83.3 Å². The summed E-state index contributed by atoms with van der Waals surface area (Å²) in [5.41, 5.74) is 5.83. The first-order valence-electron chi connectivity index (χ1n) is 13.3. The van der Waals surface area contributed by atoms with Crippen LogP contribution in [0.25, 0.3) is 44.2 Å². The number of furan rings is 2. The molecule has 2 N–H and O–H groups in total. The lowest BCUT2D eigenvalue weighted by Crippen LogP contribution is -1.99. The first-order valence-corrected chi connectivity index (χ1v) is 17.3. The third-order valence-electron chi connectivity index (χ3n) is 6.81.